The summed E-state index contributed by atoms with van der Waals surface area (Å²) >= 11 is 4.80. The second-order valence-corrected chi connectivity index (χ2v) is 9.98. The Morgan fingerprint density at radius 1 is 1.16 bits per heavy atom. The van der Waals surface area contributed by atoms with E-state index in [1.54, 1.807) is 35.1 Å². The normalized spacial score (nSPS) is 11.1. The van der Waals surface area contributed by atoms with Gasteiger partial charge in [-0.1, -0.05) is 23.9 Å². The van der Waals surface area contributed by atoms with Crippen molar-refractivity contribution in [2.24, 2.45) is 0 Å². The molecule has 0 saturated carbocycles. The lowest BCUT2D eigenvalue weighted by Crippen LogP contribution is -2.23. The first kappa shape index (κ1) is 21.7. The number of carbonyl (C=O) groups is 1. The Hall–Kier alpha value is -2.49. The summed E-state index contributed by atoms with van der Waals surface area (Å²) in [5.74, 6) is 1.95. The number of hydrogen-bond acceptors (Lipinski definition) is 8. The number of fused-ring (bicyclic) bond motifs is 1. The number of para-hydroxylation sites is 2. The SMILES string of the molecule is COc1ccccc1N(C(C)=O)c1nc(CSc2nc(C)nc3sc(C)c(C)c23)cs1. The fourth-order valence-electron chi connectivity index (χ4n) is 3.25. The molecule has 0 atom stereocenters. The molecular formula is C22H22N4O2S3. The molecule has 31 heavy (non-hydrogen) atoms. The Balaban J connectivity index is 1.61. The highest BCUT2D eigenvalue weighted by Gasteiger charge is 2.21. The van der Waals surface area contributed by atoms with E-state index >= 15 is 0 Å². The van der Waals surface area contributed by atoms with Crippen LogP contribution in [0.4, 0.5) is 10.8 Å². The van der Waals surface area contributed by atoms with E-state index in [0.717, 1.165) is 26.8 Å². The van der Waals surface area contributed by atoms with Crippen LogP contribution in [0, 0.1) is 20.8 Å². The molecule has 0 bridgehead atoms. The highest BCUT2D eigenvalue weighted by molar-refractivity contribution is 7.98. The molecule has 1 amide bonds. The molecule has 1 aromatic carbocycles. The van der Waals surface area contributed by atoms with Crippen molar-refractivity contribution in [3.05, 3.63) is 51.6 Å². The largest absolute Gasteiger partial charge is 0.495 e. The lowest BCUT2D eigenvalue weighted by Gasteiger charge is -2.20. The van der Waals surface area contributed by atoms with Crippen LogP contribution in [0.25, 0.3) is 10.2 Å². The third-order valence-electron chi connectivity index (χ3n) is 4.84. The van der Waals surface area contributed by atoms with Gasteiger partial charge < -0.3 is 4.74 Å². The van der Waals surface area contributed by atoms with Crippen molar-refractivity contribution in [1.82, 2.24) is 15.0 Å². The van der Waals surface area contributed by atoms with Gasteiger partial charge >= 0.3 is 0 Å². The van der Waals surface area contributed by atoms with Crippen LogP contribution in [-0.4, -0.2) is 28.0 Å². The molecule has 3 heterocycles. The van der Waals surface area contributed by atoms with Gasteiger partial charge in [-0.25, -0.2) is 15.0 Å². The monoisotopic (exact) mass is 470 g/mol. The molecule has 0 radical (unpaired) electrons. The summed E-state index contributed by atoms with van der Waals surface area (Å²) in [7, 11) is 1.60. The molecule has 9 heteroatoms. The van der Waals surface area contributed by atoms with Crippen LogP contribution in [0.15, 0.2) is 34.7 Å². The van der Waals surface area contributed by atoms with Crippen molar-refractivity contribution < 1.29 is 9.53 Å². The number of thioether (sulfide) groups is 1. The van der Waals surface area contributed by atoms with Crippen LogP contribution in [-0.2, 0) is 10.5 Å². The number of aryl methyl sites for hydroxylation is 3. The summed E-state index contributed by atoms with van der Waals surface area (Å²) in [6.45, 7) is 7.69. The van der Waals surface area contributed by atoms with Crippen LogP contribution >= 0.6 is 34.4 Å². The molecule has 4 aromatic rings. The number of rotatable bonds is 6. The standard InChI is InChI=1S/C22H22N4O2S3/c1-12-13(2)31-21-19(12)20(23-14(3)24-21)29-10-16-11-30-22(25-16)26(15(4)27)17-8-6-7-9-18(17)28-5/h6-9,11H,10H2,1-5H3. The summed E-state index contributed by atoms with van der Waals surface area (Å²) in [6.07, 6.45) is 0. The van der Waals surface area contributed by atoms with Crippen LogP contribution in [0.2, 0.25) is 0 Å². The number of methoxy groups -OCH3 is 1. The quantitative estimate of drug-likeness (QED) is 0.252. The maximum Gasteiger partial charge on any atom is 0.230 e. The molecule has 0 saturated heterocycles. The molecule has 160 valence electrons. The third kappa shape index (κ3) is 4.30. The first-order valence-corrected chi connectivity index (χ1v) is 12.3. The summed E-state index contributed by atoms with van der Waals surface area (Å²) < 4.78 is 5.44. The van der Waals surface area contributed by atoms with Crippen molar-refractivity contribution in [2.45, 2.75) is 38.5 Å². The van der Waals surface area contributed by atoms with Gasteiger partial charge in [0.1, 0.15) is 21.4 Å². The highest BCUT2D eigenvalue weighted by Crippen LogP contribution is 2.38. The molecule has 3 aromatic heterocycles. The van der Waals surface area contributed by atoms with E-state index in [4.69, 9.17) is 9.72 Å². The minimum atomic E-state index is -0.115. The Bertz CT molecular complexity index is 1270. The zero-order valence-corrected chi connectivity index (χ0v) is 20.4. The molecular weight excluding hydrogens is 448 g/mol. The second kappa shape index (κ2) is 8.94. The molecule has 4 rings (SSSR count). The minimum absolute atomic E-state index is 0.115. The predicted octanol–water partition coefficient (Wildman–Crippen LogP) is 6.06. The molecule has 0 aliphatic heterocycles. The number of amides is 1. The number of aromatic nitrogens is 3. The lowest BCUT2D eigenvalue weighted by atomic mass is 10.2. The molecule has 0 aliphatic rings. The van der Waals surface area contributed by atoms with Crippen molar-refractivity contribution in [3.63, 3.8) is 0 Å². The summed E-state index contributed by atoms with van der Waals surface area (Å²) in [6, 6.07) is 7.46. The maximum absolute atomic E-state index is 12.4. The van der Waals surface area contributed by atoms with Gasteiger partial charge in [-0.05, 0) is 38.5 Å². The molecule has 0 N–H and O–H groups in total. The van der Waals surface area contributed by atoms with Crippen molar-refractivity contribution in [1.29, 1.82) is 0 Å². The van der Waals surface area contributed by atoms with Gasteiger partial charge in [0.2, 0.25) is 5.91 Å². The Morgan fingerprint density at radius 2 is 1.94 bits per heavy atom. The molecule has 6 nitrogen and oxygen atoms in total. The zero-order chi connectivity index (χ0) is 22.1. The van der Waals surface area contributed by atoms with Crippen LogP contribution in [0.3, 0.4) is 0 Å². The van der Waals surface area contributed by atoms with E-state index in [2.05, 4.69) is 23.8 Å². The number of benzene rings is 1. The average Bonchev–Trinajstić information content (AvgIpc) is 3.31. The van der Waals surface area contributed by atoms with Gasteiger partial charge in [-0.3, -0.25) is 9.69 Å². The maximum atomic E-state index is 12.4. The second-order valence-electron chi connectivity index (χ2n) is 6.98. The number of nitrogens with zero attached hydrogens (tertiary/aromatic N) is 4. The number of carbonyl (C=O) groups excluding carboxylic acids is 1. The van der Waals surface area contributed by atoms with E-state index < -0.39 is 0 Å². The van der Waals surface area contributed by atoms with Crippen LogP contribution in [0.5, 0.6) is 5.75 Å². The molecule has 0 aliphatic carbocycles. The Labute approximate surface area is 193 Å². The lowest BCUT2D eigenvalue weighted by molar-refractivity contribution is -0.115. The minimum Gasteiger partial charge on any atom is -0.495 e. The number of anilines is 2. The zero-order valence-electron chi connectivity index (χ0n) is 17.9. The highest BCUT2D eigenvalue weighted by atomic mass is 32.2. The summed E-state index contributed by atoms with van der Waals surface area (Å²) in [4.78, 5) is 30.3. The number of ether oxygens (including phenoxy) is 1. The first-order chi connectivity index (χ1) is 14.9. The Morgan fingerprint density at radius 3 is 2.68 bits per heavy atom. The number of thiazole rings is 1. The Kier molecular flexibility index (Phi) is 6.27. The van der Waals surface area contributed by atoms with Gasteiger partial charge in [0.25, 0.3) is 0 Å². The van der Waals surface area contributed by atoms with Gasteiger partial charge in [-0.2, -0.15) is 0 Å². The van der Waals surface area contributed by atoms with Crippen molar-refractivity contribution in [2.75, 3.05) is 12.0 Å². The van der Waals surface area contributed by atoms with Crippen molar-refractivity contribution in [3.8, 4) is 5.75 Å². The third-order valence-corrected chi connectivity index (χ3v) is 7.82. The van der Waals surface area contributed by atoms with E-state index in [0.29, 0.717) is 22.3 Å². The van der Waals surface area contributed by atoms with E-state index in [1.807, 2.05) is 36.6 Å². The number of hydrogen-bond donors (Lipinski definition) is 0. The van der Waals surface area contributed by atoms with E-state index in [9.17, 15) is 4.79 Å². The van der Waals surface area contributed by atoms with Crippen molar-refractivity contribution >= 4 is 61.4 Å². The topological polar surface area (TPSA) is 68.2 Å². The summed E-state index contributed by atoms with van der Waals surface area (Å²) in [5.41, 5.74) is 2.82. The van der Waals surface area contributed by atoms with E-state index in [1.165, 1.54) is 28.7 Å². The fourth-order valence-corrected chi connectivity index (χ4v) is 6.40. The predicted molar refractivity (Wildman–Crippen MR) is 129 cm³/mol. The smallest absolute Gasteiger partial charge is 0.230 e. The average molecular weight is 471 g/mol. The van der Waals surface area contributed by atoms with Crippen LogP contribution < -0.4 is 9.64 Å². The first-order valence-electron chi connectivity index (χ1n) is 9.64. The van der Waals surface area contributed by atoms with Gasteiger partial charge in [0.15, 0.2) is 5.13 Å². The van der Waals surface area contributed by atoms with Gasteiger partial charge in [0.05, 0.1) is 18.5 Å². The molecule has 0 spiro atoms. The summed E-state index contributed by atoms with van der Waals surface area (Å²) in [5, 5.41) is 4.73. The van der Waals surface area contributed by atoms with Crippen LogP contribution in [0.1, 0.15) is 28.9 Å². The number of thiophene rings is 1. The molecule has 0 fully saturated rings. The van der Waals surface area contributed by atoms with E-state index in [-0.39, 0.29) is 5.91 Å². The molecule has 0 unspecified atom stereocenters. The van der Waals surface area contributed by atoms with Gasteiger partial charge in [0, 0.05) is 28.3 Å². The fraction of sp³-hybridized carbons (Fsp3) is 0.273. The van der Waals surface area contributed by atoms with Gasteiger partial charge in [-0.15, -0.1) is 22.7 Å².